The van der Waals surface area contributed by atoms with Crippen LogP contribution in [0.25, 0.3) is 0 Å². The van der Waals surface area contributed by atoms with Gasteiger partial charge in [0.2, 0.25) is 0 Å². The zero-order chi connectivity index (χ0) is 16.1. The Morgan fingerprint density at radius 3 is 1.92 bits per heavy atom. The molecule has 0 saturated carbocycles. The predicted molar refractivity (Wildman–Crippen MR) is 109 cm³/mol. The van der Waals surface area contributed by atoms with Crippen LogP contribution in [0.2, 0.25) is 0 Å². The summed E-state index contributed by atoms with van der Waals surface area (Å²) in [4.78, 5) is 2.57. The summed E-state index contributed by atoms with van der Waals surface area (Å²) >= 11 is 2.55. The van der Waals surface area contributed by atoms with Gasteiger partial charge in [0.15, 0.2) is 0 Å². The highest BCUT2D eigenvalue weighted by Crippen LogP contribution is 2.59. The number of alkyl halides is 1. The molecule has 3 heterocycles. The van der Waals surface area contributed by atoms with Crippen molar-refractivity contribution >= 4 is 34.0 Å². The normalized spacial score (nSPS) is 23.7. The molecular weight excluding hydrogens is 405 g/mol. The van der Waals surface area contributed by atoms with Crippen LogP contribution in [-0.4, -0.2) is 10.5 Å². The van der Waals surface area contributed by atoms with Gasteiger partial charge in [0.1, 0.15) is 0 Å². The van der Waals surface area contributed by atoms with E-state index in [1.807, 2.05) is 0 Å². The van der Waals surface area contributed by atoms with Crippen molar-refractivity contribution in [3.05, 3.63) is 95.6 Å². The quantitative estimate of drug-likeness (QED) is 0.379. The number of fused-ring (bicyclic) bond motifs is 1. The molecule has 118 valence electrons. The number of rotatable bonds is 2. The van der Waals surface area contributed by atoms with E-state index in [9.17, 15) is 0 Å². The van der Waals surface area contributed by atoms with Gasteiger partial charge in [0, 0.05) is 21.8 Å². The third-order valence-electron chi connectivity index (χ3n) is 5.60. The van der Waals surface area contributed by atoms with E-state index >= 15 is 0 Å². The van der Waals surface area contributed by atoms with Crippen molar-refractivity contribution in [2.75, 3.05) is 9.33 Å². The van der Waals surface area contributed by atoms with Crippen molar-refractivity contribution in [2.45, 2.75) is 17.9 Å². The fraction of sp³-hybridized carbons (Fsp3) is 0.182. The Hall–Kier alpha value is -1.81. The van der Waals surface area contributed by atoms with Gasteiger partial charge in [-0.2, -0.15) is 0 Å². The first kappa shape index (κ1) is 14.5. The molecule has 0 radical (unpaired) electrons. The predicted octanol–water partition coefficient (Wildman–Crippen LogP) is 5.68. The van der Waals surface area contributed by atoms with E-state index in [0.29, 0.717) is 6.04 Å². The molecule has 0 saturated heterocycles. The second-order valence-corrected chi connectivity index (χ2v) is 7.57. The minimum Gasteiger partial charge on any atom is -0.337 e. The van der Waals surface area contributed by atoms with Crippen molar-refractivity contribution in [3.8, 4) is 0 Å². The van der Waals surface area contributed by atoms with Crippen LogP contribution in [0.4, 0.5) is 11.4 Å². The van der Waals surface area contributed by atoms with E-state index in [-0.39, 0.29) is 5.41 Å². The molecule has 0 fully saturated rings. The molecule has 3 aromatic rings. The van der Waals surface area contributed by atoms with Crippen LogP contribution in [0, 0.1) is 0 Å². The molecular formula is C22H18IN. The summed E-state index contributed by atoms with van der Waals surface area (Å²) in [5, 5.41) is 0. The molecule has 1 atom stereocenters. The van der Waals surface area contributed by atoms with Crippen molar-refractivity contribution in [1.82, 2.24) is 0 Å². The molecule has 24 heavy (non-hydrogen) atoms. The number of hydrogen-bond donors (Lipinski definition) is 0. The first-order valence-electron chi connectivity index (χ1n) is 8.46. The average molecular weight is 423 g/mol. The van der Waals surface area contributed by atoms with E-state index < -0.39 is 0 Å². The fourth-order valence-electron chi connectivity index (χ4n) is 4.70. The Morgan fingerprint density at radius 1 is 0.792 bits per heavy atom. The first-order chi connectivity index (χ1) is 11.9. The summed E-state index contributed by atoms with van der Waals surface area (Å²) in [5.74, 6) is 0. The van der Waals surface area contributed by atoms with Gasteiger partial charge in [0.25, 0.3) is 0 Å². The molecule has 3 aliphatic rings. The molecule has 2 bridgehead atoms. The maximum Gasteiger partial charge on any atom is 0.0512 e. The van der Waals surface area contributed by atoms with Gasteiger partial charge in [-0.3, -0.25) is 0 Å². The summed E-state index contributed by atoms with van der Waals surface area (Å²) in [6.45, 7) is 0. The number of benzene rings is 3. The molecule has 3 aliphatic heterocycles. The zero-order valence-electron chi connectivity index (χ0n) is 13.3. The van der Waals surface area contributed by atoms with Crippen LogP contribution in [-0.2, 0) is 5.41 Å². The summed E-state index contributed by atoms with van der Waals surface area (Å²) in [6, 6.07) is 29.6. The van der Waals surface area contributed by atoms with Gasteiger partial charge < -0.3 is 4.90 Å². The number of anilines is 2. The lowest BCUT2D eigenvalue weighted by Crippen LogP contribution is -2.52. The summed E-state index contributed by atoms with van der Waals surface area (Å²) in [7, 11) is 0. The van der Waals surface area contributed by atoms with Gasteiger partial charge >= 0.3 is 0 Å². The van der Waals surface area contributed by atoms with Gasteiger partial charge in [0.05, 0.1) is 5.41 Å². The zero-order valence-corrected chi connectivity index (χ0v) is 15.5. The molecule has 0 aromatic heterocycles. The molecule has 3 aromatic carbocycles. The number of halogens is 1. The number of nitrogens with zero attached hydrogens (tertiary/aromatic N) is 1. The molecule has 1 nitrogen and oxygen atoms in total. The van der Waals surface area contributed by atoms with E-state index in [4.69, 9.17) is 0 Å². The Balaban J connectivity index is 1.92. The molecule has 0 N–H and O–H groups in total. The highest BCUT2D eigenvalue weighted by Gasteiger charge is 2.51. The van der Waals surface area contributed by atoms with Gasteiger partial charge in [-0.1, -0.05) is 89.3 Å². The highest BCUT2D eigenvalue weighted by atomic mass is 127. The maximum atomic E-state index is 2.57. The SMILES string of the molecule is IC[C@@H]1CC2(c3ccccc3)c3ccccc3N1c1ccccc12. The lowest BCUT2D eigenvalue weighted by Gasteiger charge is -2.55. The van der Waals surface area contributed by atoms with Crippen LogP contribution >= 0.6 is 22.6 Å². The molecule has 0 amide bonds. The van der Waals surface area contributed by atoms with Crippen molar-refractivity contribution in [2.24, 2.45) is 0 Å². The van der Waals surface area contributed by atoms with Crippen molar-refractivity contribution in [3.63, 3.8) is 0 Å². The van der Waals surface area contributed by atoms with Gasteiger partial charge in [-0.15, -0.1) is 0 Å². The van der Waals surface area contributed by atoms with Gasteiger partial charge in [-0.05, 0) is 35.2 Å². The molecule has 0 spiro atoms. The first-order valence-corrected chi connectivity index (χ1v) is 9.98. The van der Waals surface area contributed by atoms with Crippen molar-refractivity contribution in [1.29, 1.82) is 0 Å². The van der Waals surface area contributed by atoms with E-state index in [1.54, 1.807) is 0 Å². The largest absolute Gasteiger partial charge is 0.337 e. The Labute approximate surface area is 156 Å². The molecule has 6 rings (SSSR count). The third-order valence-corrected chi connectivity index (χ3v) is 6.62. The lowest BCUT2D eigenvalue weighted by molar-refractivity contribution is 0.450. The van der Waals surface area contributed by atoms with E-state index in [0.717, 1.165) is 10.8 Å². The van der Waals surface area contributed by atoms with Crippen LogP contribution in [0.15, 0.2) is 78.9 Å². The van der Waals surface area contributed by atoms with Crippen LogP contribution in [0.5, 0.6) is 0 Å². The van der Waals surface area contributed by atoms with E-state index in [2.05, 4.69) is 106 Å². The fourth-order valence-corrected chi connectivity index (χ4v) is 5.40. The lowest BCUT2D eigenvalue weighted by atomic mass is 9.60. The standard InChI is InChI=1S/C22H18IN/c23-15-17-14-22(16-8-2-1-3-9-16)18-10-4-6-12-20(18)24(17)21-13-7-5-11-19(21)22/h1-13,17H,14-15H2/t17-/m0/s1. The topological polar surface area (TPSA) is 3.24 Å². The molecule has 0 aliphatic carbocycles. The van der Waals surface area contributed by atoms with Crippen LogP contribution in [0.1, 0.15) is 23.1 Å². The summed E-state index contributed by atoms with van der Waals surface area (Å²) in [5.41, 5.74) is 7.06. The average Bonchev–Trinajstić information content (AvgIpc) is 2.68. The maximum absolute atomic E-state index is 2.57. The third kappa shape index (κ3) is 1.75. The molecule has 0 unspecified atom stereocenters. The molecule has 2 heteroatoms. The van der Waals surface area contributed by atoms with Crippen molar-refractivity contribution < 1.29 is 0 Å². The monoisotopic (exact) mass is 423 g/mol. The minimum absolute atomic E-state index is 0.0287. The van der Waals surface area contributed by atoms with Gasteiger partial charge in [-0.25, -0.2) is 0 Å². The Morgan fingerprint density at radius 2 is 1.33 bits per heavy atom. The number of hydrogen-bond acceptors (Lipinski definition) is 1. The van der Waals surface area contributed by atoms with Crippen LogP contribution in [0.3, 0.4) is 0 Å². The minimum atomic E-state index is -0.0287. The number of para-hydroxylation sites is 2. The smallest absolute Gasteiger partial charge is 0.0512 e. The Kier molecular flexibility index (Phi) is 3.24. The summed E-state index contributed by atoms with van der Waals surface area (Å²) < 4.78 is 1.13. The van der Waals surface area contributed by atoms with Crippen LogP contribution < -0.4 is 4.90 Å². The summed E-state index contributed by atoms with van der Waals surface area (Å²) in [6.07, 6.45) is 1.15. The Bertz CT molecular complexity index is 855. The highest BCUT2D eigenvalue weighted by molar-refractivity contribution is 14.1. The second kappa shape index (κ2) is 5.35. The second-order valence-electron chi connectivity index (χ2n) is 6.69. The van der Waals surface area contributed by atoms with E-state index in [1.165, 1.54) is 28.1 Å².